The number of carbonyl (C=O) groups is 2. The molecule has 7 heteroatoms. The van der Waals surface area contributed by atoms with Crippen LogP contribution in [0.5, 0.6) is 5.75 Å². The number of nitrogens with zero attached hydrogens (tertiary/aromatic N) is 1. The van der Waals surface area contributed by atoms with Crippen molar-refractivity contribution in [3.63, 3.8) is 0 Å². The van der Waals surface area contributed by atoms with E-state index in [4.69, 9.17) is 9.15 Å². The Morgan fingerprint density at radius 2 is 1.47 bits per heavy atom. The van der Waals surface area contributed by atoms with E-state index in [0.717, 1.165) is 11.1 Å². The van der Waals surface area contributed by atoms with Crippen molar-refractivity contribution in [2.75, 3.05) is 10.6 Å². The van der Waals surface area contributed by atoms with Gasteiger partial charge in [-0.2, -0.15) is 0 Å². The Morgan fingerprint density at radius 3 is 2.18 bits per heavy atom. The lowest BCUT2D eigenvalue weighted by molar-refractivity contribution is -0.114. The molecule has 0 bridgehead atoms. The van der Waals surface area contributed by atoms with Crippen molar-refractivity contribution in [1.29, 1.82) is 0 Å². The smallest absolute Gasteiger partial charge is 0.278 e. The van der Waals surface area contributed by atoms with E-state index in [1.54, 1.807) is 36.4 Å². The van der Waals surface area contributed by atoms with Gasteiger partial charge in [-0.1, -0.05) is 54.6 Å². The fraction of sp³-hybridized carbons (Fsp3) is 0.0645. The highest BCUT2D eigenvalue weighted by molar-refractivity contribution is 6.07. The summed E-state index contributed by atoms with van der Waals surface area (Å²) in [7, 11) is 0. The highest BCUT2D eigenvalue weighted by atomic mass is 16.5. The van der Waals surface area contributed by atoms with Crippen LogP contribution in [0, 0.1) is 0 Å². The summed E-state index contributed by atoms with van der Waals surface area (Å²) < 4.78 is 12.0. The third-order valence-electron chi connectivity index (χ3n) is 5.67. The summed E-state index contributed by atoms with van der Waals surface area (Å²) in [4.78, 5) is 29.3. The predicted octanol–water partition coefficient (Wildman–Crippen LogP) is 6.80. The lowest BCUT2D eigenvalue weighted by Crippen LogP contribution is -2.13. The molecule has 1 heterocycles. The molecule has 4 aromatic carbocycles. The van der Waals surface area contributed by atoms with Crippen molar-refractivity contribution in [3.05, 3.63) is 120 Å². The zero-order chi connectivity index (χ0) is 26.3. The van der Waals surface area contributed by atoms with Crippen LogP contribution in [0.4, 0.5) is 11.4 Å². The molecule has 0 aliphatic carbocycles. The van der Waals surface area contributed by atoms with Crippen molar-refractivity contribution in [2.24, 2.45) is 0 Å². The standard InChI is InChI=1S/C31H25N3O4/c1-21(35)32-25-17-15-23(16-18-25)29-28(34-31(38-29)24-11-6-3-7-12-24)30(36)33-26-13-8-14-27(19-26)37-20-22-9-4-2-5-10-22/h2-19H,20H2,1H3,(H,32,35)(H,33,36). The summed E-state index contributed by atoms with van der Waals surface area (Å²) in [6.07, 6.45) is 0. The number of ether oxygens (including phenoxy) is 1. The van der Waals surface area contributed by atoms with Crippen molar-refractivity contribution >= 4 is 23.2 Å². The highest BCUT2D eigenvalue weighted by Gasteiger charge is 2.23. The van der Waals surface area contributed by atoms with Gasteiger partial charge in [0.1, 0.15) is 12.4 Å². The Kier molecular flexibility index (Phi) is 7.27. The Bertz CT molecular complexity index is 1550. The molecule has 1 aromatic heterocycles. The lowest BCUT2D eigenvalue weighted by atomic mass is 10.1. The van der Waals surface area contributed by atoms with E-state index in [1.165, 1.54) is 6.92 Å². The van der Waals surface area contributed by atoms with Gasteiger partial charge in [0.15, 0.2) is 11.5 Å². The third kappa shape index (κ3) is 5.96. The van der Waals surface area contributed by atoms with E-state index in [1.807, 2.05) is 72.8 Å². The molecular weight excluding hydrogens is 478 g/mol. The van der Waals surface area contributed by atoms with Gasteiger partial charge in [0, 0.05) is 35.5 Å². The molecule has 7 nitrogen and oxygen atoms in total. The molecule has 0 unspecified atom stereocenters. The van der Waals surface area contributed by atoms with Gasteiger partial charge in [-0.15, -0.1) is 0 Å². The van der Waals surface area contributed by atoms with Crippen molar-refractivity contribution in [2.45, 2.75) is 13.5 Å². The number of nitrogens with one attached hydrogen (secondary N) is 2. The van der Waals surface area contributed by atoms with Gasteiger partial charge in [0.2, 0.25) is 11.8 Å². The number of amides is 2. The maximum Gasteiger partial charge on any atom is 0.278 e. The summed E-state index contributed by atoms with van der Waals surface area (Å²) in [5.74, 6) is 0.699. The van der Waals surface area contributed by atoms with E-state index in [9.17, 15) is 9.59 Å². The number of anilines is 2. The maximum absolute atomic E-state index is 13.4. The first kappa shape index (κ1) is 24.5. The van der Waals surface area contributed by atoms with E-state index < -0.39 is 5.91 Å². The molecule has 5 rings (SSSR count). The van der Waals surface area contributed by atoms with E-state index in [0.29, 0.717) is 40.9 Å². The van der Waals surface area contributed by atoms with E-state index in [2.05, 4.69) is 15.6 Å². The summed E-state index contributed by atoms with van der Waals surface area (Å²) in [6, 6.07) is 33.5. The first-order valence-electron chi connectivity index (χ1n) is 12.1. The number of aromatic nitrogens is 1. The average molecular weight is 504 g/mol. The summed E-state index contributed by atoms with van der Waals surface area (Å²) >= 11 is 0. The second-order valence-corrected chi connectivity index (χ2v) is 8.58. The summed E-state index contributed by atoms with van der Waals surface area (Å²) in [5.41, 5.74) is 3.80. The second kappa shape index (κ2) is 11.3. The Balaban J connectivity index is 1.40. The number of rotatable bonds is 8. The molecule has 38 heavy (non-hydrogen) atoms. The van der Waals surface area contributed by atoms with Crippen LogP contribution in [0.1, 0.15) is 23.0 Å². The van der Waals surface area contributed by atoms with Gasteiger partial charge in [0.25, 0.3) is 5.91 Å². The molecule has 2 N–H and O–H groups in total. The molecule has 188 valence electrons. The third-order valence-corrected chi connectivity index (χ3v) is 5.67. The molecule has 0 saturated carbocycles. The largest absolute Gasteiger partial charge is 0.489 e. The molecule has 0 saturated heterocycles. The Labute approximate surface area is 220 Å². The zero-order valence-corrected chi connectivity index (χ0v) is 20.7. The molecule has 2 amide bonds. The van der Waals surface area contributed by atoms with Gasteiger partial charge in [0.05, 0.1) is 0 Å². The van der Waals surface area contributed by atoms with Crippen LogP contribution in [-0.4, -0.2) is 16.8 Å². The monoisotopic (exact) mass is 503 g/mol. The number of carbonyl (C=O) groups excluding carboxylic acids is 2. The number of oxazole rings is 1. The number of hydrogen-bond donors (Lipinski definition) is 2. The highest BCUT2D eigenvalue weighted by Crippen LogP contribution is 2.31. The minimum absolute atomic E-state index is 0.145. The predicted molar refractivity (Wildman–Crippen MR) is 147 cm³/mol. The zero-order valence-electron chi connectivity index (χ0n) is 20.7. The minimum atomic E-state index is -0.419. The fourth-order valence-corrected chi connectivity index (χ4v) is 3.88. The van der Waals surface area contributed by atoms with E-state index in [-0.39, 0.29) is 11.6 Å². The quantitative estimate of drug-likeness (QED) is 0.243. The molecule has 0 atom stereocenters. The van der Waals surface area contributed by atoms with Crippen LogP contribution < -0.4 is 15.4 Å². The summed E-state index contributed by atoms with van der Waals surface area (Å²) in [5, 5.41) is 5.65. The molecular formula is C31H25N3O4. The first-order valence-corrected chi connectivity index (χ1v) is 12.1. The van der Waals surface area contributed by atoms with Crippen LogP contribution in [0.15, 0.2) is 114 Å². The van der Waals surface area contributed by atoms with Crippen LogP contribution in [-0.2, 0) is 11.4 Å². The molecule has 0 spiro atoms. The number of hydrogen-bond acceptors (Lipinski definition) is 5. The van der Waals surface area contributed by atoms with Gasteiger partial charge >= 0.3 is 0 Å². The molecule has 0 aliphatic heterocycles. The molecule has 0 fully saturated rings. The van der Waals surface area contributed by atoms with Gasteiger partial charge < -0.3 is 19.8 Å². The number of benzene rings is 4. The van der Waals surface area contributed by atoms with Crippen molar-refractivity contribution in [1.82, 2.24) is 4.98 Å². The van der Waals surface area contributed by atoms with Gasteiger partial charge in [-0.05, 0) is 54.1 Å². The van der Waals surface area contributed by atoms with Crippen molar-refractivity contribution < 1.29 is 18.7 Å². The Hall–Kier alpha value is -5.17. The van der Waals surface area contributed by atoms with Crippen LogP contribution >= 0.6 is 0 Å². The Morgan fingerprint density at radius 1 is 0.763 bits per heavy atom. The van der Waals surface area contributed by atoms with Crippen LogP contribution in [0.2, 0.25) is 0 Å². The maximum atomic E-state index is 13.4. The molecule has 5 aromatic rings. The fourth-order valence-electron chi connectivity index (χ4n) is 3.88. The first-order chi connectivity index (χ1) is 18.5. The second-order valence-electron chi connectivity index (χ2n) is 8.58. The minimum Gasteiger partial charge on any atom is -0.489 e. The van der Waals surface area contributed by atoms with Crippen molar-refractivity contribution in [3.8, 4) is 28.5 Å². The van der Waals surface area contributed by atoms with Crippen LogP contribution in [0.3, 0.4) is 0 Å². The molecule has 0 aliphatic rings. The van der Waals surface area contributed by atoms with Crippen LogP contribution in [0.25, 0.3) is 22.8 Å². The average Bonchev–Trinajstić information content (AvgIpc) is 3.39. The topological polar surface area (TPSA) is 93.5 Å². The van der Waals surface area contributed by atoms with E-state index >= 15 is 0 Å². The molecule has 0 radical (unpaired) electrons. The summed E-state index contributed by atoms with van der Waals surface area (Å²) in [6.45, 7) is 1.86. The van der Waals surface area contributed by atoms with Gasteiger partial charge in [-0.25, -0.2) is 4.98 Å². The lowest BCUT2D eigenvalue weighted by Gasteiger charge is -2.09. The SMILES string of the molecule is CC(=O)Nc1ccc(-c2oc(-c3ccccc3)nc2C(=O)Nc2cccc(OCc3ccccc3)c2)cc1. The van der Waals surface area contributed by atoms with Gasteiger partial charge in [-0.3, -0.25) is 9.59 Å². The normalized spacial score (nSPS) is 10.6.